The molecule has 1 aromatic heterocycles. The van der Waals surface area contributed by atoms with Crippen LogP contribution in [0.3, 0.4) is 0 Å². The Morgan fingerprint density at radius 2 is 1.83 bits per heavy atom. The van der Waals surface area contributed by atoms with Crippen LogP contribution in [0.2, 0.25) is 5.02 Å². The normalized spacial score (nSPS) is 19.3. The topological polar surface area (TPSA) is 64.4 Å². The predicted octanol–water partition coefficient (Wildman–Crippen LogP) is 3.86. The Kier molecular flexibility index (Phi) is 6.63. The summed E-state index contributed by atoms with van der Waals surface area (Å²) in [6.07, 6.45) is 1.12. The van der Waals surface area contributed by atoms with Gasteiger partial charge >= 0.3 is 5.97 Å². The van der Waals surface area contributed by atoms with Crippen molar-refractivity contribution in [1.82, 2.24) is 14.7 Å². The van der Waals surface area contributed by atoms with Gasteiger partial charge in [0, 0.05) is 18.1 Å². The summed E-state index contributed by atoms with van der Waals surface area (Å²) >= 11 is 6.24. The molecule has 1 aliphatic heterocycles. The molecule has 1 aliphatic rings. The van der Waals surface area contributed by atoms with Crippen molar-refractivity contribution in [2.24, 2.45) is 11.8 Å². The zero-order valence-corrected chi connectivity index (χ0v) is 18.2. The Hall–Kier alpha value is -2.34. The van der Waals surface area contributed by atoms with Gasteiger partial charge in [-0.3, -0.25) is 9.48 Å². The number of hydrogen-bond acceptors (Lipinski definition) is 4. The monoisotopic (exact) mass is 417 g/mol. The highest BCUT2D eigenvalue weighted by atomic mass is 35.5. The van der Waals surface area contributed by atoms with E-state index in [1.807, 2.05) is 31.2 Å². The number of halogens is 1. The molecule has 3 rings (SSSR count). The smallest absolute Gasteiger partial charge is 0.342 e. The molecule has 1 aromatic carbocycles. The highest BCUT2D eigenvalue weighted by molar-refractivity contribution is 6.31. The van der Waals surface area contributed by atoms with Crippen LogP contribution in [0.1, 0.15) is 47.6 Å². The highest BCUT2D eigenvalue weighted by Crippen LogP contribution is 2.22. The zero-order chi connectivity index (χ0) is 21.1. The Bertz CT molecular complexity index is 899. The fourth-order valence-corrected chi connectivity index (χ4v) is 4.29. The van der Waals surface area contributed by atoms with Crippen LogP contribution in [-0.4, -0.2) is 46.3 Å². The lowest BCUT2D eigenvalue weighted by Crippen LogP contribution is -2.44. The molecule has 29 heavy (non-hydrogen) atoms. The second kappa shape index (κ2) is 8.99. The van der Waals surface area contributed by atoms with Crippen molar-refractivity contribution in [3.8, 4) is 0 Å². The van der Waals surface area contributed by atoms with Crippen molar-refractivity contribution in [2.45, 2.75) is 40.7 Å². The Morgan fingerprint density at radius 1 is 1.17 bits per heavy atom. The summed E-state index contributed by atoms with van der Waals surface area (Å²) in [4.78, 5) is 27.0. The van der Waals surface area contributed by atoms with Crippen molar-refractivity contribution in [2.75, 3.05) is 19.7 Å². The van der Waals surface area contributed by atoms with E-state index in [-0.39, 0.29) is 12.5 Å². The molecule has 2 aromatic rings. The average Bonchev–Trinajstić information content (AvgIpc) is 2.94. The van der Waals surface area contributed by atoms with E-state index < -0.39 is 5.97 Å². The molecular formula is C22H28ClN3O3. The van der Waals surface area contributed by atoms with E-state index in [4.69, 9.17) is 16.3 Å². The number of benzene rings is 1. The van der Waals surface area contributed by atoms with Gasteiger partial charge in [-0.1, -0.05) is 43.6 Å². The molecule has 0 aliphatic carbocycles. The van der Waals surface area contributed by atoms with Crippen molar-refractivity contribution < 1.29 is 14.3 Å². The molecule has 7 heteroatoms. The third-order valence-corrected chi connectivity index (χ3v) is 5.78. The number of ether oxygens (including phenoxy) is 1. The van der Waals surface area contributed by atoms with E-state index in [2.05, 4.69) is 18.9 Å². The lowest BCUT2D eigenvalue weighted by atomic mass is 9.92. The lowest BCUT2D eigenvalue weighted by molar-refractivity contribution is -0.137. The molecule has 0 spiro atoms. The third kappa shape index (κ3) is 4.99. The molecule has 156 valence electrons. The van der Waals surface area contributed by atoms with Crippen LogP contribution in [0.5, 0.6) is 0 Å². The van der Waals surface area contributed by atoms with Crippen molar-refractivity contribution in [1.29, 1.82) is 0 Å². The molecule has 0 saturated carbocycles. The second-order valence-corrected chi connectivity index (χ2v) is 8.52. The van der Waals surface area contributed by atoms with Crippen LogP contribution in [0.25, 0.3) is 0 Å². The Morgan fingerprint density at radius 3 is 2.48 bits per heavy atom. The summed E-state index contributed by atoms with van der Waals surface area (Å²) in [7, 11) is 0. The molecule has 0 radical (unpaired) electrons. The highest BCUT2D eigenvalue weighted by Gasteiger charge is 2.27. The van der Waals surface area contributed by atoms with Crippen LogP contribution >= 0.6 is 11.6 Å². The summed E-state index contributed by atoms with van der Waals surface area (Å²) in [5, 5.41) is 5.12. The Labute approximate surface area is 176 Å². The maximum atomic E-state index is 12.7. The molecule has 1 fully saturated rings. The molecule has 2 unspecified atom stereocenters. The van der Waals surface area contributed by atoms with Gasteiger partial charge in [0.05, 0.1) is 17.9 Å². The van der Waals surface area contributed by atoms with E-state index in [0.29, 0.717) is 53.4 Å². The van der Waals surface area contributed by atoms with E-state index in [1.54, 1.807) is 16.5 Å². The molecular weight excluding hydrogens is 390 g/mol. The number of aryl methyl sites for hydroxylation is 1. The van der Waals surface area contributed by atoms with Gasteiger partial charge in [0.25, 0.3) is 5.91 Å². The lowest BCUT2D eigenvalue weighted by Gasteiger charge is -2.34. The van der Waals surface area contributed by atoms with Crippen LogP contribution in [0, 0.1) is 25.7 Å². The molecule has 1 saturated heterocycles. The average molecular weight is 418 g/mol. The first-order valence-corrected chi connectivity index (χ1v) is 10.4. The number of piperidine rings is 1. The molecule has 2 heterocycles. The van der Waals surface area contributed by atoms with Gasteiger partial charge < -0.3 is 9.64 Å². The number of likely N-dealkylation sites (tertiary alicyclic amines) is 1. The number of amides is 1. The van der Waals surface area contributed by atoms with Gasteiger partial charge in [-0.2, -0.15) is 5.10 Å². The number of carbonyl (C=O) groups excluding carboxylic acids is 2. The number of aromatic nitrogens is 2. The predicted molar refractivity (Wildman–Crippen MR) is 112 cm³/mol. The van der Waals surface area contributed by atoms with Gasteiger partial charge in [-0.25, -0.2) is 4.79 Å². The quantitative estimate of drug-likeness (QED) is 0.693. The number of rotatable bonds is 5. The van der Waals surface area contributed by atoms with Crippen molar-refractivity contribution >= 4 is 23.5 Å². The van der Waals surface area contributed by atoms with E-state index in [9.17, 15) is 9.59 Å². The third-order valence-electron chi connectivity index (χ3n) is 5.41. The summed E-state index contributed by atoms with van der Waals surface area (Å²) < 4.78 is 7.09. The fraction of sp³-hybridized carbons (Fsp3) is 0.500. The standard InChI is InChI=1S/C22H28ClN3O3/c1-14-9-15(2)11-25(10-14)20(27)13-29-22(28)21-16(3)24-26(17(21)4)12-18-7-5-6-8-19(18)23/h5-8,14-15H,9-13H2,1-4H3. The van der Waals surface area contributed by atoms with Gasteiger partial charge in [-0.15, -0.1) is 0 Å². The van der Waals surface area contributed by atoms with Crippen molar-refractivity contribution in [3.63, 3.8) is 0 Å². The first-order chi connectivity index (χ1) is 13.8. The SMILES string of the molecule is Cc1nn(Cc2ccccc2Cl)c(C)c1C(=O)OCC(=O)N1CC(C)CC(C)C1. The minimum Gasteiger partial charge on any atom is -0.452 e. The van der Waals surface area contributed by atoms with E-state index in [1.165, 1.54) is 0 Å². The molecule has 0 bridgehead atoms. The van der Waals surface area contributed by atoms with Crippen LogP contribution in [0.15, 0.2) is 24.3 Å². The van der Waals surface area contributed by atoms with Gasteiger partial charge in [0.1, 0.15) is 5.56 Å². The van der Waals surface area contributed by atoms with E-state index >= 15 is 0 Å². The molecule has 1 amide bonds. The van der Waals surface area contributed by atoms with Crippen LogP contribution in [-0.2, 0) is 16.1 Å². The summed E-state index contributed by atoms with van der Waals surface area (Å²) in [6.45, 7) is 9.52. The van der Waals surface area contributed by atoms with Gasteiger partial charge in [-0.05, 0) is 43.7 Å². The zero-order valence-electron chi connectivity index (χ0n) is 17.4. The minimum absolute atomic E-state index is 0.143. The number of carbonyl (C=O) groups is 2. The van der Waals surface area contributed by atoms with Crippen LogP contribution in [0.4, 0.5) is 0 Å². The molecule has 6 nitrogen and oxygen atoms in total. The Balaban J connectivity index is 1.66. The maximum Gasteiger partial charge on any atom is 0.342 e. The fourth-order valence-electron chi connectivity index (χ4n) is 4.09. The number of nitrogens with zero attached hydrogens (tertiary/aromatic N) is 3. The van der Waals surface area contributed by atoms with Crippen molar-refractivity contribution in [3.05, 3.63) is 51.8 Å². The minimum atomic E-state index is -0.517. The summed E-state index contributed by atoms with van der Waals surface area (Å²) in [5.41, 5.74) is 2.60. The first-order valence-electron chi connectivity index (χ1n) is 9.98. The van der Waals surface area contributed by atoms with Gasteiger partial charge in [0.2, 0.25) is 0 Å². The van der Waals surface area contributed by atoms with Gasteiger partial charge in [0.15, 0.2) is 6.61 Å². The molecule has 2 atom stereocenters. The van der Waals surface area contributed by atoms with Crippen LogP contribution < -0.4 is 0 Å². The summed E-state index contributed by atoms with van der Waals surface area (Å²) in [5.74, 6) is 0.268. The first kappa shape index (κ1) is 21.4. The second-order valence-electron chi connectivity index (χ2n) is 8.12. The number of hydrogen-bond donors (Lipinski definition) is 0. The van der Waals surface area contributed by atoms with E-state index in [0.717, 1.165) is 12.0 Å². The maximum absolute atomic E-state index is 12.7. The number of esters is 1. The largest absolute Gasteiger partial charge is 0.452 e. The molecule has 0 N–H and O–H groups in total. The summed E-state index contributed by atoms with van der Waals surface area (Å²) in [6, 6.07) is 7.54.